The van der Waals surface area contributed by atoms with Gasteiger partial charge in [0.05, 0.1) is 11.6 Å². The Hall–Kier alpha value is -2.36. The molecular weight excluding hydrogens is 348 g/mol. The van der Waals surface area contributed by atoms with E-state index in [1.54, 1.807) is 0 Å². The van der Waals surface area contributed by atoms with Gasteiger partial charge in [-0.25, -0.2) is 4.79 Å². The number of para-hydroxylation sites is 1. The van der Waals surface area contributed by atoms with Crippen LogP contribution in [0, 0.1) is 18.3 Å². The monoisotopic (exact) mass is 378 g/mol. The fraction of sp³-hybridized carbons (Fsp3) is 0.500. The minimum atomic E-state index is -0.156. The standard InChI is InChI=1S/C24H30N2O2/c1-17-14-20-21(25-28-23(27)18-10-6-4-7-11-18)15-24(2,3)16-22(20)26(17)19-12-8-5-9-13-19/h5,8-9,12-14,18H,4,6-7,10-11,15-16H2,1-3H3/b25-21+. The summed E-state index contributed by atoms with van der Waals surface area (Å²) in [6, 6.07) is 12.6. The Kier molecular flexibility index (Phi) is 5.13. The van der Waals surface area contributed by atoms with Gasteiger partial charge in [-0.15, -0.1) is 0 Å². The van der Waals surface area contributed by atoms with E-state index in [0.717, 1.165) is 55.5 Å². The van der Waals surface area contributed by atoms with Gasteiger partial charge in [0.25, 0.3) is 0 Å². The Morgan fingerprint density at radius 2 is 1.82 bits per heavy atom. The molecule has 2 aromatic rings. The van der Waals surface area contributed by atoms with E-state index in [4.69, 9.17) is 4.84 Å². The molecule has 0 N–H and O–H groups in total. The summed E-state index contributed by atoms with van der Waals surface area (Å²) >= 11 is 0. The number of carbonyl (C=O) groups is 1. The molecule has 1 saturated carbocycles. The number of aromatic nitrogens is 1. The van der Waals surface area contributed by atoms with Crippen LogP contribution in [-0.4, -0.2) is 16.2 Å². The Labute approximate surface area is 167 Å². The third-order valence-corrected chi connectivity index (χ3v) is 6.09. The third kappa shape index (κ3) is 3.78. The Morgan fingerprint density at radius 3 is 2.54 bits per heavy atom. The van der Waals surface area contributed by atoms with Crippen LogP contribution in [-0.2, 0) is 16.1 Å². The summed E-state index contributed by atoms with van der Waals surface area (Å²) in [5.41, 5.74) is 5.69. The molecule has 1 heterocycles. The molecule has 0 aliphatic heterocycles. The zero-order chi connectivity index (χ0) is 19.7. The lowest BCUT2D eigenvalue weighted by Gasteiger charge is -2.31. The van der Waals surface area contributed by atoms with Gasteiger partial charge in [-0.1, -0.05) is 56.5 Å². The van der Waals surface area contributed by atoms with Crippen LogP contribution in [0.5, 0.6) is 0 Å². The number of nitrogens with zero attached hydrogens (tertiary/aromatic N) is 2. The van der Waals surface area contributed by atoms with Crippen LogP contribution in [0.3, 0.4) is 0 Å². The summed E-state index contributed by atoms with van der Waals surface area (Å²) in [4.78, 5) is 17.9. The highest BCUT2D eigenvalue weighted by Crippen LogP contribution is 2.38. The predicted molar refractivity (Wildman–Crippen MR) is 112 cm³/mol. The number of benzene rings is 1. The molecule has 1 aromatic carbocycles. The van der Waals surface area contributed by atoms with Crippen molar-refractivity contribution >= 4 is 11.7 Å². The molecule has 0 radical (unpaired) electrons. The average Bonchev–Trinajstić information content (AvgIpc) is 3.02. The fourth-order valence-electron chi connectivity index (χ4n) is 4.71. The number of rotatable bonds is 3. The molecule has 0 unspecified atom stereocenters. The van der Waals surface area contributed by atoms with Gasteiger partial charge in [0.2, 0.25) is 0 Å². The summed E-state index contributed by atoms with van der Waals surface area (Å²) < 4.78 is 2.31. The summed E-state index contributed by atoms with van der Waals surface area (Å²) in [5.74, 6) is -0.138. The molecule has 0 amide bonds. The van der Waals surface area contributed by atoms with Crippen LogP contribution in [0.25, 0.3) is 5.69 Å². The Morgan fingerprint density at radius 1 is 1.11 bits per heavy atom. The van der Waals surface area contributed by atoms with Crippen LogP contribution < -0.4 is 0 Å². The summed E-state index contributed by atoms with van der Waals surface area (Å²) in [6.07, 6.45) is 7.12. The molecule has 4 nitrogen and oxygen atoms in total. The Bertz CT molecular complexity index is 887. The van der Waals surface area contributed by atoms with E-state index in [-0.39, 0.29) is 17.3 Å². The number of fused-ring (bicyclic) bond motifs is 1. The van der Waals surface area contributed by atoms with E-state index in [2.05, 4.69) is 60.8 Å². The minimum absolute atomic E-state index is 0.0184. The molecule has 1 fully saturated rings. The predicted octanol–water partition coefficient (Wildman–Crippen LogP) is 5.59. The largest absolute Gasteiger partial charge is 0.338 e. The van der Waals surface area contributed by atoms with Gasteiger partial charge in [-0.2, -0.15) is 0 Å². The second kappa shape index (κ2) is 7.57. The lowest BCUT2D eigenvalue weighted by atomic mass is 9.76. The van der Waals surface area contributed by atoms with E-state index in [0.29, 0.717) is 0 Å². The first kappa shape index (κ1) is 19.0. The smallest absolute Gasteiger partial charge is 0.318 e. The average molecular weight is 379 g/mol. The Balaban J connectivity index is 1.66. The molecule has 4 rings (SSSR count). The van der Waals surface area contributed by atoms with E-state index in [1.165, 1.54) is 17.8 Å². The maximum absolute atomic E-state index is 12.5. The van der Waals surface area contributed by atoms with Crippen molar-refractivity contribution in [3.05, 3.63) is 53.3 Å². The van der Waals surface area contributed by atoms with Gasteiger partial charge in [0.1, 0.15) is 0 Å². The van der Waals surface area contributed by atoms with Crippen molar-refractivity contribution in [2.24, 2.45) is 16.5 Å². The number of aryl methyl sites for hydroxylation is 1. The van der Waals surface area contributed by atoms with E-state index in [1.807, 2.05) is 6.07 Å². The molecule has 28 heavy (non-hydrogen) atoms. The van der Waals surface area contributed by atoms with Crippen LogP contribution in [0.15, 0.2) is 41.6 Å². The molecule has 148 valence electrons. The first-order valence-corrected chi connectivity index (χ1v) is 10.5. The SMILES string of the molecule is Cc1cc2c(n1-c1ccccc1)CC(C)(C)C/C2=N\OC(=O)C1CCCCC1. The van der Waals surface area contributed by atoms with Crippen LogP contribution >= 0.6 is 0 Å². The van der Waals surface area contributed by atoms with Gasteiger partial charge < -0.3 is 9.40 Å². The van der Waals surface area contributed by atoms with Gasteiger partial charge in [-0.3, -0.25) is 0 Å². The first-order valence-electron chi connectivity index (χ1n) is 10.5. The van der Waals surface area contributed by atoms with Crippen molar-refractivity contribution < 1.29 is 9.63 Å². The number of hydrogen-bond donors (Lipinski definition) is 0. The van der Waals surface area contributed by atoms with Crippen molar-refractivity contribution in [1.82, 2.24) is 4.57 Å². The summed E-state index contributed by atoms with van der Waals surface area (Å²) in [6.45, 7) is 6.64. The van der Waals surface area contributed by atoms with Crippen molar-refractivity contribution in [1.29, 1.82) is 0 Å². The maximum Gasteiger partial charge on any atom is 0.338 e. The van der Waals surface area contributed by atoms with Crippen molar-refractivity contribution in [3.8, 4) is 5.69 Å². The third-order valence-electron chi connectivity index (χ3n) is 6.09. The molecule has 4 heteroatoms. The zero-order valence-electron chi connectivity index (χ0n) is 17.2. The molecule has 0 saturated heterocycles. The van der Waals surface area contributed by atoms with Crippen molar-refractivity contribution in [3.63, 3.8) is 0 Å². The van der Waals surface area contributed by atoms with Crippen molar-refractivity contribution in [2.75, 3.05) is 0 Å². The lowest BCUT2D eigenvalue weighted by Crippen LogP contribution is -2.29. The number of carbonyl (C=O) groups excluding carboxylic acids is 1. The molecular formula is C24H30N2O2. The summed E-state index contributed by atoms with van der Waals surface area (Å²) in [5, 5.41) is 4.40. The van der Waals surface area contributed by atoms with E-state index in [9.17, 15) is 4.79 Å². The quantitative estimate of drug-likeness (QED) is 0.516. The van der Waals surface area contributed by atoms with Gasteiger partial charge >= 0.3 is 5.97 Å². The summed E-state index contributed by atoms with van der Waals surface area (Å²) in [7, 11) is 0. The molecule has 0 bridgehead atoms. The molecule has 2 aliphatic rings. The highest BCUT2D eigenvalue weighted by Gasteiger charge is 2.34. The molecule has 1 aromatic heterocycles. The highest BCUT2D eigenvalue weighted by molar-refractivity contribution is 6.03. The van der Waals surface area contributed by atoms with Gasteiger partial charge in [-0.05, 0) is 56.2 Å². The van der Waals surface area contributed by atoms with E-state index >= 15 is 0 Å². The van der Waals surface area contributed by atoms with Gasteiger partial charge in [0.15, 0.2) is 0 Å². The van der Waals surface area contributed by atoms with E-state index < -0.39 is 0 Å². The molecule has 0 spiro atoms. The topological polar surface area (TPSA) is 43.6 Å². The van der Waals surface area contributed by atoms with Crippen LogP contribution in [0.2, 0.25) is 0 Å². The second-order valence-corrected chi connectivity index (χ2v) is 9.12. The second-order valence-electron chi connectivity index (χ2n) is 9.12. The number of hydrogen-bond acceptors (Lipinski definition) is 3. The van der Waals surface area contributed by atoms with Gasteiger partial charge in [0, 0.05) is 22.6 Å². The number of oxime groups is 1. The fourth-order valence-corrected chi connectivity index (χ4v) is 4.71. The first-order chi connectivity index (χ1) is 13.4. The normalized spacial score (nSPS) is 20.8. The molecule has 2 aliphatic carbocycles. The maximum atomic E-state index is 12.5. The van der Waals surface area contributed by atoms with Crippen LogP contribution in [0.1, 0.15) is 69.3 Å². The van der Waals surface area contributed by atoms with Crippen molar-refractivity contribution in [2.45, 2.75) is 65.7 Å². The highest BCUT2D eigenvalue weighted by atomic mass is 16.7. The van der Waals surface area contributed by atoms with Crippen LogP contribution in [0.4, 0.5) is 0 Å². The minimum Gasteiger partial charge on any atom is -0.318 e. The lowest BCUT2D eigenvalue weighted by molar-refractivity contribution is -0.149. The molecule has 0 atom stereocenters. The zero-order valence-corrected chi connectivity index (χ0v) is 17.2.